The molecule has 2 atom stereocenters. The van der Waals surface area contributed by atoms with Crippen molar-refractivity contribution in [2.24, 2.45) is 5.92 Å². The van der Waals surface area contributed by atoms with Gasteiger partial charge in [-0.15, -0.1) is 12.4 Å². The van der Waals surface area contributed by atoms with Crippen LogP contribution >= 0.6 is 12.4 Å². The van der Waals surface area contributed by atoms with Gasteiger partial charge in [-0.1, -0.05) is 18.2 Å². The van der Waals surface area contributed by atoms with Crippen LogP contribution in [0.5, 0.6) is 0 Å². The zero-order valence-electron chi connectivity index (χ0n) is 14.1. The molecule has 0 bridgehead atoms. The van der Waals surface area contributed by atoms with Gasteiger partial charge in [0.2, 0.25) is 11.8 Å². The Balaban J connectivity index is 0.00000225. The van der Waals surface area contributed by atoms with Crippen molar-refractivity contribution in [2.45, 2.75) is 25.8 Å². The Bertz CT molecular complexity index is 747. The summed E-state index contributed by atoms with van der Waals surface area (Å²) >= 11 is 0. The number of carbonyl (C=O) groups excluding carboxylic acids is 2. The zero-order valence-corrected chi connectivity index (χ0v) is 14.9. The number of aromatic nitrogens is 1. The Labute approximate surface area is 153 Å². The molecule has 25 heavy (non-hydrogen) atoms. The largest absolute Gasteiger partial charge is 0.347 e. The number of hydrogen-bond donors (Lipinski definition) is 3. The summed E-state index contributed by atoms with van der Waals surface area (Å²) < 4.78 is 0. The van der Waals surface area contributed by atoms with Crippen LogP contribution in [0.4, 0.5) is 5.69 Å². The molecule has 1 fully saturated rings. The molecular formula is C18H23ClN4O2. The Morgan fingerprint density at radius 1 is 1.28 bits per heavy atom. The van der Waals surface area contributed by atoms with E-state index in [0.717, 1.165) is 30.3 Å². The lowest BCUT2D eigenvalue weighted by Gasteiger charge is -2.27. The van der Waals surface area contributed by atoms with Crippen LogP contribution in [-0.4, -0.2) is 35.9 Å². The van der Waals surface area contributed by atoms with Gasteiger partial charge in [0.05, 0.1) is 17.7 Å². The van der Waals surface area contributed by atoms with Gasteiger partial charge in [-0.05, 0) is 38.4 Å². The van der Waals surface area contributed by atoms with Crippen LogP contribution in [-0.2, 0) is 9.59 Å². The van der Waals surface area contributed by atoms with Gasteiger partial charge >= 0.3 is 0 Å². The Morgan fingerprint density at radius 2 is 2.08 bits per heavy atom. The van der Waals surface area contributed by atoms with Crippen molar-refractivity contribution in [1.82, 2.24) is 15.6 Å². The van der Waals surface area contributed by atoms with E-state index in [1.807, 2.05) is 30.3 Å². The first-order valence-corrected chi connectivity index (χ1v) is 8.28. The lowest BCUT2D eigenvalue weighted by Crippen LogP contribution is -2.44. The SMILES string of the molecule is C[C@H]1C[C@@H](C(=O)NCC(=O)Nc2cccc3cccnc23)CCN1.Cl. The summed E-state index contributed by atoms with van der Waals surface area (Å²) in [6.45, 7) is 2.88. The van der Waals surface area contributed by atoms with E-state index in [1.165, 1.54) is 0 Å². The number of carbonyl (C=O) groups is 2. The maximum absolute atomic E-state index is 12.2. The number of para-hydroxylation sites is 1. The van der Waals surface area contributed by atoms with Gasteiger partial charge < -0.3 is 16.0 Å². The minimum absolute atomic E-state index is 0. The van der Waals surface area contributed by atoms with E-state index in [0.29, 0.717) is 11.7 Å². The summed E-state index contributed by atoms with van der Waals surface area (Å²) in [6, 6.07) is 9.76. The van der Waals surface area contributed by atoms with Gasteiger partial charge in [0, 0.05) is 23.5 Å². The van der Waals surface area contributed by atoms with Gasteiger partial charge in [0.15, 0.2) is 0 Å². The number of rotatable bonds is 4. The van der Waals surface area contributed by atoms with Gasteiger partial charge in [0.25, 0.3) is 0 Å². The standard InChI is InChI=1S/C18H22N4O2.ClH/c1-12-10-14(7-9-19-12)18(24)21-11-16(23)22-15-6-2-4-13-5-3-8-20-17(13)15;/h2-6,8,12,14,19H,7,9-11H2,1H3,(H,21,24)(H,22,23);1H/t12-,14-;/m0./s1. The van der Waals surface area contributed by atoms with E-state index in [9.17, 15) is 9.59 Å². The van der Waals surface area contributed by atoms with Crippen LogP contribution < -0.4 is 16.0 Å². The first kappa shape index (κ1) is 19.1. The fourth-order valence-corrected chi connectivity index (χ4v) is 3.08. The molecule has 2 heterocycles. The molecule has 0 unspecified atom stereocenters. The molecule has 1 aliphatic heterocycles. The lowest BCUT2D eigenvalue weighted by atomic mass is 9.92. The monoisotopic (exact) mass is 362 g/mol. The van der Waals surface area contributed by atoms with Crippen molar-refractivity contribution in [1.29, 1.82) is 0 Å². The van der Waals surface area contributed by atoms with E-state index in [1.54, 1.807) is 6.20 Å². The second-order valence-electron chi connectivity index (χ2n) is 6.22. The molecule has 0 spiro atoms. The normalized spacial score (nSPS) is 19.7. The van der Waals surface area contributed by atoms with E-state index in [2.05, 4.69) is 27.9 Å². The molecule has 1 aromatic heterocycles. The minimum atomic E-state index is -0.247. The third-order valence-electron chi connectivity index (χ3n) is 4.32. The molecule has 0 radical (unpaired) electrons. The molecule has 2 amide bonds. The Kier molecular flexibility index (Phi) is 6.73. The molecule has 0 saturated carbocycles. The quantitative estimate of drug-likeness (QED) is 0.777. The highest BCUT2D eigenvalue weighted by Gasteiger charge is 2.24. The fraction of sp³-hybridized carbons (Fsp3) is 0.389. The van der Waals surface area contributed by atoms with Crippen LogP contribution in [0.3, 0.4) is 0 Å². The van der Waals surface area contributed by atoms with E-state index < -0.39 is 0 Å². The molecule has 0 aliphatic carbocycles. The summed E-state index contributed by atoms with van der Waals surface area (Å²) in [5.74, 6) is -0.314. The fourth-order valence-electron chi connectivity index (χ4n) is 3.08. The number of piperidine rings is 1. The summed E-state index contributed by atoms with van der Waals surface area (Å²) in [4.78, 5) is 28.6. The van der Waals surface area contributed by atoms with Crippen LogP contribution in [0, 0.1) is 5.92 Å². The van der Waals surface area contributed by atoms with Crippen LogP contribution in [0.15, 0.2) is 36.5 Å². The topological polar surface area (TPSA) is 83.1 Å². The minimum Gasteiger partial charge on any atom is -0.347 e. The number of nitrogens with one attached hydrogen (secondary N) is 3. The third-order valence-corrected chi connectivity index (χ3v) is 4.32. The van der Waals surface area contributed by atoms with E-state index in [4.69, 9.17) is 0 Å². The average molecular weight is 363 g/mol. The molecule has 1 aliphatic rings. The highest BCUT2D eigenvalue weighted by molar-refractivity contribution is 6.01. The maximum Gasteiger partial charge on any atom is 0.243 e. The molecule has 1 aromatic carbocycles. The molecule has 134 valence electrons. The third kappa shape index (κ3) is 4.90. The summed E-state index contributed by atoms with van der Waals surface area (Å²) in [5.41, 5.74) is 1.40. The van der Waals surface area contributed by atoms with E-state index >= 15 is 0 Å². The highest BCUT2D eigenvalue weighted by atomic mass is 35.5. The number of fused-ring (bicyclic) bond motifs is 1. The molecule has 6 nitrogen and oxygen atoms in total. The van der Waals surface area contributed by atoms with Gasteiger partial charge in [0.1, 0.15) is 0 Å². The number of benzene rings is 1. The Morgan fingerprint density at radius 3 is 2.88 bits per heavy atom. The second-order valence-corrected chi connectivity index (χ2v) is 6.22. The van der Waals surface area contributed by atoms with Gasteiger partial charge in [-0.3, -0.25) is 14.6 Å². The summed E-state index contributed by atoms with van der Waals surface area (Å²) in [7, 11) is 0. The number of halogens is 1. The first-order chi connectivity index (χ1) is 11.6. The molecule has 3 rings (SSSR count). The van der Waals surface area contributed by atoms with Crippen molar-refractivity contribution in [2.75, 3.05) is 18.4 Å². The van der Waals surface area contributed by atoms with Crippen molar-refractivity contribution < 1.29 is 9.59 Å². The number of anilines is 1. The van der Waals surface area contributed by atoms with Crippen molar-refractivity contribution >= 4 is 40.8 Å². The Hall–Kier alpha value is -2.18. The zero-order chi connectivity index (χ0) is 16.9. The van der Waals surface area contributed by atoms with Gasteiger partial charge in [-0.25, -0.2) is 0 Å². The summed E-state index contributed by atoms with van der Waals surface area (Å²) in [5, 5.41) is 9.84. The van der Waals surface area contributed by atoms with Crippen LogP contribution in [0.25, 0.3) is 10.9 Å². The first-order valence-electron chi connectivity index (χ1n) is 8.28. The average Bonchev–Trinajstić information content (AvgIpc) is 2.60. The van der Waals surface area contributed by atoms with Gasteiger partial charge in [-0.2, -0.15) is 0 Å². The predicted molar refractivity (Wildman–Crippen MR) is 101 cm³/mol. The molecule has 7 heteroatoms. The molecule has 2 aromatic rings. The number of amides is 2. The maximum atomic E-state index is 12.2. The van der Waals surface area contributed by atoms with Crippen molar-refractivity contribution in [3.05, 3.63) is 36.5 Å². The van der Waals surface area contributed by atoms with Crippen LogP contribution in [0.1, 0.15) is 19.8 Å². The molecular weight excluding hydrogens is 340 g/mol. The van der Waals surface area contributed by atoms with E-state index in [-0.39, 0.29) is 36.7 Å². The predicted octanol–water partition coefficient (Wildman–Crippen LogP) is 2.10. The summed E-state index contributed by atoms with van der Waals surface area (Å²) in [6.07, 6.45) is 3.31. The number of nitrogens with zero attached hydrogens (tertiary/aromatic N) is 1. The smallest absolute Gasteiger partial charge is 0.243 e. The van der Waals surface area contributed by atoms with Crippen molar-refractivity contribution in [3.63, 3.8) is 0 Å². The lowest BCUT2D eigenvalue weighted by molar-refractivity contribution is -0.128. The number of pyridine rings is 1. The molecule has 1 saturated heterocycles. The number of hydrogen-bond acceptors (Lipinski definition) is 4. The second kappa shape index (κ2) is 8.78. The van der Waals surface area contributed by atoms with Crippen LogP contribution in [0.2, 0.25) is 0 Å². The highest BCUT2D eigenvalue weighted by Crippen LogP contribution is 2.20. The molecule has 3 N–H and O–H groups in total. The van der Waals surface area contributed by atoms with Crippen molar-refractivity contribution in [3.8, 4) is 0 Å².